The van der Waals surface area contributed by atoms with Crippen molar-refractivity contribution in [2.24, 2.45) is 0 Å². The van der Waals surface area contributed by atoms with Crippen LogP contribution in [0.3, 0.4) is 0 Å². The number of hydrogen-bond donors (Lipinski definition) is 2. The summed E-state index contributed by atoms with van der Waals surface area (Å²) in [6.07, 6.45) is 0. The molecule has 1 amide bonds. The lowest BCUT2D eigenvalue weighted by molar-refractivity contribution is 0.102. The van der Waals surface area contributed by atoms with Gasteiger partial charge in [-0.3, -0.25) is 9.89 Å². The molecule has 32 heavy (non-hydrogen) atoms. The van der Waals surface area contributed by atoms with Crippen LogP contribution in [0.15, 0.2) is 66.7 Å². The van der Waals surface area contributed by atoms with Crippen molar-refractivity contribution >= 4 is 56.3 Å². The van der Waals surface area contributed by atoms with Crippen LogP contribution in [-0.2, 0) is 0 Å². The molecule has 0 radical (unpaired) electrons. The average Bonchev–Trinajstić information content (AvgIpc) is 3.41. The largest absolute Gasteiger partial charge is 0.321 e. The molecule has 0 aliphatic rings. The first-order valence-corrected chi connectivity index (χ1v) is 11.3. The molecular weight excluding hydrogens is 463 g/mol. The predicted octanol–water partition coefficient (Wildman–Crippen LogP) is 7.22. The number of anilines is 1. The number of aryl methyl sites for hydroxylation is 1. The Morgan fingerprint density at radius 2 is 1.81 bits per heavy atom. The van der Waals surface area contributed by atoms with Crippen molar-refractivity contribution in [3.63, 3.8) is 0 Å². The number of aromatic nitrogens is 3. The van der Waals surface area contributed by atoms with Crippen LogP contribution in [0.2, 0.25) is 10.0 Å². The number of fused-ring (bicyclic) bond motifs is 1. The van der Waals surface area contributed by atoms with Gasteiger partial charge in [-0.1, -0.05) is 29.3 Å². The maximum absolute atomic E-state index is 12.7. The maximum Gasteiger partial charge on any atom is 0.273 e. The van der Waals surface area contributed by atoms with Gasteiger partial charge in [-0.2, -0.15) is 5.10 Å². The van der Waals surface area contributed by atoms with E-state index in [1.165, 1.54) is 5.56 Å². The summed E-state index contributed by atoms with van der Waals surface area (Å²) in [4.78, 5) is 17.4. The highest BCUT2D eigenvalue weighted by Crippen LogP contribution is 2.32. The zero-order chi connectivity index (χ0) is 22.2. The molecule has 0 bridgehead atoms. The molecule has 8 heteroatoms. The van der Waals surface area contributed by atoms with Crippen molar-refractivity contribution in [1.82, 2.24) is 15.2 Å². The molecule has 0 aliphatic carbocycles. The number of carbonyl (C=O) groups is 1. The molecule has 158 valence electrons. The summed E-state index contributed by atoms with van der Waals surface area (Å²) in [5.74, 6) is -0.294. The van der Waals surface area contributed by atoms with Crippen LogP contribution >= 0.6 is 34.5 Å². The number of hydrogen-bond acceptors (Lipinski definition) is 4. The van der Waals surface area contributed by atoms with Crippen molar-refractivity contribution in [3.05, 3.63) is 88.0 Å². The molecule has 0 aliphatic heterocycles. The van der Waals surface area contributed by atoms with Crippen molar-refractivity contribution in [3.8, 4) is 21.8 Å². The van der Waals surface area contributed by atoms with Gasteiger partial charge in [-0.15, -0.1) is 11.3 Å². The Balaban J connectivity index is 1.32. The molecule has 5 rings (SSSR count). The fraction of sp³-hybridized carbons (Fsp3) is 0.0417. The van der Waals surface area contributed by atoms with Gasteiger partial charge >= 0.3 is 0 Å². The molecule has 2 N–H and O–H groups in total. The maximum atomic E-state index is 12.7. The Morgan fingerprint density at radius 3 is 2.59 bits per heavy atom. The summed E-state index contributed by atoms with van der Waals surface area (Å²) < 4.78 is 1.16. The first-order valence-electron chi connectivity index (χ1n) is 9.76. The highest BCUT2D eigenvalue weighted by atomic mass is 35.5. The first-order chi connectivity index (χ1) is 15.5. The molecule has 0 saturated heterocycles. The molecule has 0 fully saturated rings. The number of aromatic amines is 1. The number of nitrogens with zero attached hydrogens (tertiary/aromatic N) is 2. The fourth-order valence-electron chi connectivity index (χ4n) is 3.32. The lowest BCUT2D eigenvalue weighted by Gasteiger charge is -2.04. The van der Waals surface area contributed by atoms with Crippen LogP contribution < -0.4 is 5.32 Å². The zero-order valence-electron chi connectivity index (χ0n) is 16.8. The molecule has 5 nitrogen and oxygen atoms in total. The van der Waals surface area contributed by atoms with E-state index in [2.05, 4.69) is 34.6 Å². The summed E-state index contributed by atoms with van der Waals surface area (Å²) in [5.41, 5.74) is 5.48. The molecular formula is C24H16Cl2N4OS. The Hall–Kier alpha value is -3.19. The SMILES string of the molecule is Cc1ccc2nc(-c3ccc(NC(=O)c4cc(-c5ccc(Cl)cc5Cl)n[nH]4)cc3)sc2c1. The van der Waals surface area contributed by atoms with Gasteiger partial charge in [0.15, 0.2) is 0 Å². The van der Waals surface area contributed by atoms with E-state index in [4.69, 9.17) is 28.2 Å². The van der Waals surface area contributed by atoms with Crippen molar-refractivity contribution in [2.75, 3.05) is 5.32 Å². The van der Waals surface area contributed by atoms with E-state index in [0.717, 1.165) is 20.8 Å². The Bertz CT molecular complexity index is 1460. The third kappa shape index (κ3) is 4.12. The summed E-state index contributed by atoms with van der Waals surface area (Å²) in [6.45, 7) is 2.07. The number of amides is 1. The number of nitrogens with one attached hydrogen (secondary N) is 2. The van der Waals surface area contributed by atoms with E-state index in [0.29, 0.717) is 32.7 Å². The van der Waals surface area contributed by atoms with Crippen molar-refractivity contribution in [1.29, 1.82) is 0 Å². The topological polar surface area (TPSA) is 70.7 Å². The van der Waals surface area contributed by atoms with Crippen LogP contribution in [0.4, 0.5) is 5.69 Å². The van der Waals surface area contributed by atoms with Gasteiger partial charge in [0.1, 0.15) is 10.7 Å². The van der Waals surface area contributed by atoms with Crippen LogP contribution in [0.5, 0.6) is 0 Å². The average molecular weight is 479 g/mol. The zero-order valence-corrected chi connectivity index (χ0v) is 19.1. The predicted molar refractivity (Wildman–Crippen MR) is 132 cm³/mol. The van der Waals surface area contributed by atoms with Gasteiger partial charge in [0.2, 0.25) is 0 Å². The number of thiazole rings is 1. The Morgan fingerprint density at radius 1 is 1.00 bits per heavy atom. The molecule has 0 saturated carbocycles. The smallest absolute Gasteiger partial charge is 0.273 e. The lowest BCUT2D eigenvalue weighted by atomic mass is 10.1. The second kappa shape index (κ2) is 8.39. The molecule has 2 heterocycles. The standard InChI is InChI=1S/C24H16Cl2N4OS/c1-13-2-9-19-22(10-13)32-24(28-19)14-3-6-16(7-4-14)27-23(31)21-12-20(29-30-21)17-8-5-15(25)11-18(17)26/h2-12H,1H3,(H,27,31)(H,29,30). The second-order valence-electron chi connectivity index (χ2n) is 7.31. The minimum Gasteiger partial charge on any atom is -0.321 e. The van der Waals surface area contributed by atoms with Crippen LogP contribution in [0, 0.1) is 6.92 Å². The quantitative estimate of drug-likeness (QED) is 0.286. The van der Waals surface area contributed by atoms with E-state index in [1.807, 2.05) is 30.3 Å². The second-order valence-corrected chi connectivity index (χ2v) is 9.19. The van der Waals surface area contributed by atoms with Gasteiger partial charge in [-0.25, -0.2) is 4.98 Å². The van der Waals surface area contributed by atoms with Crippen LogP contribution in [-0.4, -0.2) is 21.1 Å². The molecule has 0 spiro atoms. The van der Waals surface area contributed by atoms with Crippen molar-refractivity contribution < 1.29 is 4.79 Å². The van der Waals surface area contributed by atoms with Gasteiger partial charge in [0, 0.05) is 21.8 Å². The number of carbonyl (C=O) groups excluding carboxylic acids is 1. The van der Waals surface area contributed by atoms with Gasteiger partial charge < -0.3 is 5.32 Å². The minimum absolute atomic E-state index is 0.294. The molecule has 5 aromatic rings. The van der Waals surface area contributed by atoms with Gasteiger partial charge in [0.25, 0.3) is 5.91 Å². The monoisotopic (exact) mass is 478 g/mol. The van der Waals surface area contributed by atoms with Gasteiger partial charge in [0.05, 0.1) is 20.9 Å². The number of H-pyrrole nitrogens is 1. The summed E-state index contributed by atoms with van der Waals surface area (Å²) in [6, 6.07) is 20.6. The number of rotatable bonds is 4. The van der Waals surface area contributed by atoms with Gasteiger partial charge in [-0.05, 0) is 73.2 Å². The van der Waals surface area contributed by atoms with E-state index < -0.39 is 0 Å². The highest BCUT2D eigenvalue weighted by Gasteiger charge is 2.14. The van der Waals surface area contributed by atoms with Crippen molar-refractivity contribution in [2.45, 2.75) is 6.92 Å². The van der Waals surface area contributed by atoms with E-state index in [9.17, 15) is 4.79 Å². The molecule has 0 unspecified atom stereocenters. The lowest BCUT2D eigenvalue weighted by Crippen LogP contribution is -2.12. The molecule has 3 aromatic carbocycles. The number of halogens is 2. The summed E-state index contributed by atoms with van der Waals surface area (Å²) >= 11 is 13.8. The normalized spacial score (nSPS) is 11.1. The van der Waals surface area contributed by atoms with E-state index in [-0.39, 0.29) is 5.91 Å². The number of benzene rings is 3. The van der Waals surface area contributed by atoms with Crippen LogP contribution in [0.1, 0.15) is 16.1 Å². The third-order valence-corrected chi connectivity index (χ3v) is 6.58. The van der Waals surface area contributed by atoms with Crippen LogP contribution in [0.25, 0.3) is 32.0 Å². The summed E-state index contributed by atoms with van der Waals surface area (Å²) in [5, 5.41) is 11.8. The van der Waals surface area contributed by atoms with E-state index >= 15 is 0 Å². The third-order valence-electron chi connectivity index (χ3n) is 4.96. The van der Waals surface area contributed by atoms with E-state index in [1.54, 1.807) is 35.6 Å². The molecule has 0 atom stereocenters. The Labute approximate surface area is 198 Å². The minimum atomic E-state index is -0.294. The molecule has 2 aromatic heterocycles. The fourth-order valence-corrected chi connectivity index (χ4v) is 4.90. The Kier molecular flexibility index (Phi) is 5.43. The first kappa shape index (κ1) is 20.7. The summed E-state index contributed by atoms with van der Waals surface area (Å²) in [7, 11) is 0. The highest BCUT2D eigenvalue weighted by molar-refractivity contribution is 7.21.